The van der Waals surface area contributed by atoms with Crippen LogP contribution in [0.2, 0.25) is 0 Å². The lowest BCUT2D eigenvalue weighted by Gasteiger charge is -2.38. The molecular weight excluding hydrogens is 850 g/mol. The maximum Gasteiger partial charge on any atom is 0.348 e. The number of halogens is 1. The highest BCUT2D eigenvalue weighted by Gasteiger charge is 2.37. The number of aromatic nitrogens is 6. The normalized spacial score (nSPS) is 21.6. The maximum absolute atomic E-state index is 16.9. The molecule has 2 bridgehead atoms. The van der Waals surface area contributed by atoms with E-state index in [1.54, 1.807) is 12.3 Å². The second-order valence-electron chi connectivity index (χ2n) is 19.1. The predicted molar refractivity (Wildman–Crippen MR) is 257 cm³/mol. The van der Waals surface area contributed by atoms with Gasteiger partial charge < -0.3 is 25.2 Å². The van der Waals surface area contributed by atoms with Gasteiger partial charge in [0.05, 0.1) is 16.6 Å². The number of aromatic hydroxyl groups is 2. The van der Waals surface area contributed by atoms with Crippen molar-refractivity contribution >= 4 is 27.5 Å². The highest BCUT2D eigenvalue weighted by molar-refractivity contribution is 5.99. The van der Waals surface area contributed by atoms with Gasteiger partial charge in [-0.05, 0) is 72.3 Å². The minimum absolute atomic E-state index is 0.000120. The first-order valence-electron chi connectivity index (χ1n) is 23.5. The van der Waals surface area contributed by atoms with Crippen molar-refractivity contribution < 1.29 is 19.3 Å². The average molecular weight is 906 g/mol. The molecule has 11 rings (SSSR count). The third-order valence-electron chi connectivity index (χ3n) is 14.5. The molecule has 0 amide bonds. The number of nitrogens with one attached hydrogen (secondary N) is 2. The summed E-state index contributed by atoms with van der Waals surface area (Å²) in [7, 11) is 2.15. The summed E-state index contributed by atoms with van der Waals surface area (Å²) in [6.07, 6.45) is 4.90. The van der Waals surface area contributed by atoms with Crippen LogP contribution >= 0.6 is 0 Å². The number of pyridine rings is 1. The number of nitrogens with zero attached hydrogens (tertiary/aromatic N) is 9. The van der Waals surface area contributed by atoms with Crippen molar-refractivity contribution in [3.05, 3.63) is 112 Å². The van der Waals surface area contributed by atoms with Gasteiger partial charge in [0.15, 0.2) is 11.6 Å². The van der Waals surface area contributed by atoms with E-state index in [1.165, 1.54) is 10.6 Å². The third kappa shape index (κ3) is 8.25. The first-order chi connectivity index (χ1) is 32.5. The van der Waals surface area contributed by atoms with Gasteiger partial charge in [-0.25, -0.2) is 18.9 Å². The summed E-state index contributed by atoms with van der Waals surface area (Å²) < 4.78 is 24.8. The van der Waals surface area contributed by atoms with Crippen LogP contribution in [0.1, 0.15) is 50.2 Å². The highest BCUT2D eigenvalue weighted by Crippen LogP contribution is 2.39. The van der Waals surface area contributed by atoms with E-state index in [0.29, 0.717) is 52.8 Å². The molecule has 4 atom stereocenters. The van der Waals surface area contributed by atoms with Gasteiger partial charge in [0, 0.05) is 94.4 Å². The van der Waals surface area contributed by atoms with Crippen molar-refractivity contribution in [2.75, 3.05) is 64.4 Å². The predicted octanol–water partition coefficient (Wildman–Crippen LogP) is 6.27. The van der Waals surface area contributed by atoms with Crippen molar-refractivity contribution in [3.63, 3.8) is 0 Å². The van der Waals surface area contributed by atoms with E-state index in [1.807, 2.05) is 80.6 Å². The fourth-order valence-corrected chi connectivity index (χ4v) is 10.8. The largest absolute Gasteiger partial charge is 0.508 e. The number of hydrogen-bond donors (Lipinski definition) is 4. The van der Waals surface area contributed by atoms with Gasteiger partial charge in [-0.2, -0.15) is 15.1 Å². The van der Waals surface area contributed by atoms with Crippen LogP contribution in [0.25, 0.3) is 50.0 Å². The van der Waals surface area contributed by atoms with Crippen LogP contribution in [0.5, 0.6) is 17.5 Å². The molecule has 0 aliphatic carbocycles. The van der Waals surface area contributed by atoms with Gasteiger partial charge >= 0.3 is 11.7 Å². The lowest BCUT2D eigenvalue weighted by molar-refractivity contribution is 0.0945. The molecule has 7 aromatic rings. The van der Waals surface area contributed by atoms with Crippen molar-refractivity contribution in [3.8, 4) is 45.8 Å². The van der Waals surface area contributed by atoms with E-state index in [0.717, 1.165) is 93.5 Å². The molecule has 15 nitrogen and oxygen atoms in total. The molecule has 7 heterocycles. The summed E-state index contributed by atoms with van der Waals surface area (Å²) in [4.78, 5) is 37.1. The molecule has 0 radical (unpaired) electrons. The Morgan fingerprint density at radius 1 is 0.866 bits per heavy atom. The number of aromatic amines is 1. The number of piperazine rings is 2. The standard InChI is InChI=1S/C51H56FN11O4/c1-30(2)40-22-41(44(65)23-43(40)64)49-57-58-51(66)63(49)35-15-11-31(12-16-35)25-60-17-19-61(20-18-60)36-21-37(59(3)28-36)29-67-50-55-47-42(48(56-50)62-26-33-13-14-34(27-62)54-33)24-53-46(45(47)52)39-10-6-8-32-7-4-5-9-38(32)39/h4-12,15-16,22-24,30,33-34,36-37,54,64-65H,13-14,17-21,25-29H2,1-3H3,(H,58,66)/t33?,34?,36-,37-/m0/s1. The Kier molecular flexibility index (Phi) is 11.4. The zero-order chi connectivity index (χ0) is 45.9. The van der Waals surface area contributed by atoms with Gasteiger partial charge in [-0.1, -0.05) is 68.4 Å². The SMILES string of the molecule is CC(C)c1cc(-c2n[nH]c(=O)n2-c2ccc(CN3CCN([C@H]4C[C@@H](COc5nc(N6CC7CCC(C6)N7)c6cnc(-c7cccc8ccccc78)c(F)c6n5)N(C)C4)CC3)cc2)c(O)cc1O. The Morgan fingerprint density at radius 2 is 1.63 bits per heavy atom. The summed E-state index contributed by atoms with van der Waals surface area (Å²) in [6, 6.07) is 26.1. The Hall–Kier alpha value is -6.46. The topological polar surface area (TPSA) is 164 Å². The molecule has 4 aromatic carbocycles. The van der Waals surface area contributed by atoms with Crippen LogP contribution in [0.3, 0.4) is 0 Å². The van der Waals surface area contributed by atoms with E-state index in [9.17, 15) is 15.0 Å². The number of benzene rings is 4. The number of phenols is 2. The van der Waals surface area contributed by atoms with E-state index in [4.69, 9.17) is 19.7 Å². The fraction of sp³-hybridized carbons (Fsp3) is 0.392. The Bertz CT molecular complexity index is 3010. The van der Waals surface area contributed by atoms with Crippen LogP contribution in [-0.4, -0.2) is 138 Å². The molecule has 4 N–H and O–H groups in total. The molecule has 0 saturated carbocycles. The number of rotatable bonds is 11. The minimum atomic E-state index is -0.469. The van der Waals surface area contributed by atoms with Crippen LogP contribution in [0.15, 0.2) is 89.9 Å². The fourth-order valence-electron chi connectivity index (χ4n) is 10.8. The highest BCUT2D eigenvalue weighted by atomic mass is 19.1. The van der Waals surface area contributed by atoms with Crippen molar-refractivity contribution in [2.45, 2.75) is 69.7 Å². The van der Waals surface area contributed by atoms with E-state index < -0.39 is 11.5 Å². The Balaban J connectivity index is 0.748. The maximum atomic E-state index is 16.9. The number of likely N-dealkylation sites (N-methyl/N-ethyl adjacent to an activating group) is 1. The molecule has 4 aliphatic rings. The van der Waals surface area contributed by atoms with Crippen molar-refractivity contribution in [1.82, 2.24) is 49.7 Å². The summed E-state index contributed by atoms with van der Waals surface area (Å²) in [5.41, 5.74) is 3.57. The second kappa shape index (κ2) is 17.6. The van der Waals surface area contributed by atoms with Crippen LogP contribution in [-0.2, 0) is 6.54 Å². The van der Waals surface area contributed by atoms with Crippen LogP contribution in [0.4, 0.5) is 10.2 Å². The minimum Gasteiger partial charge on any atom is -0.508 e. The summed E-state index contributed by atoms with van der Waals surface area (Å²) in [5, 5.41) is 34.1. The van der Waals surface area contributed by atoms with Gasteiger partial charge in [-0.3, -0.25) is 19.7 Å². The number of anilines is 1. The van der Waals surface area contributed by atoms with Gasteiger partial charge in [0.2, 0.25) is 0 Å². The van der Waals surface area contributed by atoms with E-state index in [2.05, 4.69) is 42.2 Å². The molecule has 4 saturated heterocycles. The van der Waals surface area contributed by atoms with Crippen LogP contribution in [0, 0.1) is 5.82 Å². The van der Waals surface area contributed by atoms with Crippen molar-refractivity contribution in [2.24, 2.45) is 0 Å². The van der Waals surface area contributed by atoms with E-state index in [-0.39, 0.29) is 46.5 Å². The zero-order valence-corrected chi connectivity index (χ0v) is 38.1. The quantitative estimate of drug-likeness (QED) is 0.115. The molecule has 346 valence electrons. The summed E-state index contributed by atoms with van der Waals surface area (Å²) >= 11 is 0. The molecule has 0 spiro atoms. The van der Waals surface area contributed by atoms with Gasteiger partial charge in [-0.15, -0.1) is 0 Å². The molecule has 16 heteroatoms. The van der Waals surface area contributed by atoms with Crippen molar-refractivity contribution in [1.29, 1.82) is 0 Å². The number of H-pyrrole nitrogens is 1. The molecular formula is C51H56FN11O4. The monoisotopic (exact) mass is 905 g/mol. The number of fused-ring (bicyclic) bond motifs is 4. The smallest absolute Gasteiger partial charge is 0.348 e. The number of phenolic OH excluding ortho intramolecular Hbond substituents is 2. The lowest BCUT2D eigenvalue weighted by Crippen LogP contribution is -2.51. The molecule has 4 aliphatic heterocycles. The van der Waals surface area contributed by atoms with E-state index >= 15 is 4.39 Å². The summed E-state index contributed by atoms with van der Waals surface area (Å²) in [5.74, 6) is 0.326. The molecule has 4 fully saturated rings. The Labute approximate surface area is 387 Å². The number of likely N-dealkylation sites (tertiary alicyclic amines) is 1. The molecule has 3 aromatic heterocycles. The lowest BCUT2D eigenvalue weighted by atomic mass is 9.98. The molecule has 2 unspecified atom stereocenters. The third-order valence-corrected chi connectivity index (χ3v) is 14.5. The molecule has 67 heavy (non-hydrogen) atoms. The van der Waals surface area contributed by atoms with Crippen LogP contribution < -0.4 is 20.6 Å². The first kappa shape index (κ1) is 43.1. The number of ether oxygens (including phenoxy) is 1. The second-order valence-corrected chi connectivity index (χ2v) is 19.1. The van der Waals surface area contributed by atoms with Gasteiger partial charge in [0.25, 0.3) is 0 Å². The average Bonchev–Trinajstić information content (AvgIpc) is 4.02. The summed E-state index contributed by atoms with van der Waals surface area (Å²) in [6.45, 7) is 11.3. The van der Waals surface area contributed by atoms with Gasteiger partial charge in [0.1, 0.15) is 35.1 Å². The number of hydrogen-bond acceptors (Lipinski definition) is 13. The zero-order valence-electron chi connectivity index (χ0n) is 38.1. The Morgan fingerprint density at radius 3 is 2.40 bits per heavy atom. The first-order valence-corrected chi connectivity index (χ1v) is 23.5.